The fourth-order valence-electron chi connectivity index (χ4n) is 5.85. The number of nitrogens with one attached hydrogen (secondary N) is 5. The lowest BCUT2D eigenvalue weighted by atomic mass is 10.1. The van der Waals surface area contributed by atoms with Gasteiger partial charge in [0.05, 0.1) is 13.1 Å². The second-order valence-electron chi connectivity index (χ2n) is 14.0. The van der Waals surface area contributed by atoms with Gasteiger partial charge in [-0.1, -0.05) is 156 Å². The number of carboxylic acid groups (broad SMARTS) is 1. The molecule has 0 amide bonds. The monoisotopic (exact) mass is 795 g/mol. The van der Waals surface area contributed by atoms with E-state index in [1.165, 1.54) is 128 Å². The number of nitrogens with zero attached hydrogens (tertiary/aromatic N) is 3. The third-order valence-electron chi connectivity index (χ3n) is 8.99. The highest BCUT2D eigenvalue weighted by Crippen LogP contribution is 2.10. The molecule has 0 fully saturated rings. The molecule has 1 rings (SSSR count). The molecule has 0 spiro atoms. The molecule has 0 radical (unpaired) electrons. The van der Waals surface area contributed by atoms with Crippen LogP contribution >= 0.6 is 24.8 Å². The Bertz CT molecular complexity index is 881. The maximum absolute atomic E-state index is 11.4. The lowest BCUT2D eigenvalue weighted by Crippen LogP contribution is -2.72. The third kappa shape index (κ3) is 36.7. The molecule has 316 valence electrons. The van der Waals surface area contributed by atoms with Crippen molar-refractivity contribution in [1.29, 1.82) is 0 Å². The minimum Gasteiger partial charge on any atom is -0.481 e. The van der Waals surface area contributed by atoms with Gasteiger partial charge in [-0.05, 0) is 32.2 Å². The van der Waals surface area contributed by atoms with E-state index < -0.39 is 11.8 Å². The topological polar surface area (TPSA) is 187 Å². The van der Waals surface area contributed by atoms with E-state index in [0.29, 0.717) is 24.5 Å². The van der Waals surface area contributed by atoms with Crippen molar-refractivity contribution >= 4 is 48.7 Å². The molecule has 1 heterocycles. The predicted molar refractivity (Wildman–Crippen MR) is 234 cm³/mol. The molecule has 10 N–H and O–H groups in total. The van der Waals surface area contributed by atoms with Crippen molar-refractivity contribution in [3.8, 4) is 0 Å². The van der Waals surface area contributed by atoms with Crippen molar-refractivity contribution < 1.29 is 9.90 Å². The van der Waals surface area contributed by atoms with Crippen molar-refractivity contribution in [2.24, 2.45) is 26.4 Å². The van der Waals surface area contributed by atoms with Crippen LogP contribution in [-0.2, 0) is 4.79 Å². The molecule has 0 aromatic rings. The zero-order chi connectivity index (χ0) is 37.7. The molecule has 1 aliphatic rings. The van der Waals surface area contributed by atoms with Gasteiger partial charge >= 0.3 is 5.97 Å². The molecule has 0 saturated heterocycles. The van der Waals surface area contributed by atoms with Gasteiger partial charge in [0.2, 0.25) is 0 Å². The number of carbonyl (C=O) groups is 1. The van der Waals surface area contributed by atoms with Crippen molar-refractivity contribution in [2.45, 2.75) is 194 Å². The van der Waals surface area contributed by atoms with Crippen LogP contribution in [0.5, 0.6) is 0 Å². The summed E-state index contributed by atoms with van der Waals surface area (Å²) in [6, 6.07) is 0. The minimum absolute atomic E-state index is 0. The zero-order valence-corrected chi connectivity index (χ0v) is 36.0. The van der Waals surface area contributed by atoms with Gasteiger partial charge in [0, 0.05) is 19.6 Å². The molecule has 0 aromatic heterocycles. The lowest BCUT2D eigenvalue weighted by molar-refractivity contribution is -0.139. The summed E-state index contributed by atoms with van der Waals surface area (Å²) >= 11 is 0. The number of hydrogen-bond acceptors (Lipinski definition) is 8. The summed E-state index contributed by atoms with van der Waals surface area (Å²) in [4.78, 5) is 24.4. The van der Waals surface area contributed by atoms with Gasteiger partial charge in [0.1, 0.15) is 0 Å². The number of aliphatic carboxylic acids is 1. The van der Waals surface area contributed by atoms with Gasteiger partial charge < -0.3 is 27.2 Å². The Morgan fingerprint density at radius 3 is 1.49 bits per heavy atom. The van der Waals surface area contributed by atoms with Gasteiger partial charge in [0.15, 0.2) is 23.7 Å². The molecule has 0 bridgehead atoms. The number of aliphatic imine (C=N–C) groups is 3. The Morgan fingerprint density at radius 2 is 1.06 bits per heavy atom. The number of guanidine groups is 3. The highest BCUT2D eigenvalue weighted by atomic mass is 35.5. The highest BCUT2D eigenvalue weighted by molar-refractivity contribution is 5.97. The number of rotatable bonds is 31. The zero-order valence-electron chi connectivity index (χ0n) is 34.4. The van der Waals surface area contributed by atoms with Crippen LogP contribution < -0.4 is 38.1 Å². The van der Waals surface area contributed by atoms with Crippen LogP contribution in [0.4, 0.5) is 0 Å². The van der Waals surface area contributed by atoms with Crippen LogP contribution in [0.2, 0.25) is 0 Å². The first-order valence-electron chi connectivity index (χ1n) is 21.0. The Kier molecular flexibility index (Phi) is 43.0. The quantitative estimate of drug-likeness (QED) is 0.0194. The van der Waals surface area contributed by atoms with E-state index >= 15 is 0 Å². The number of hydrogen-bond donors (Lipinski definition) is 8. The van der Waals surface area contributed by atoms with E-state index in [9.17, 15) is 9.90 Å². The molecule has 1 atom stereocenters. The summed E-state index contributed by atoms with van der Waals surface area (Å²) in [5, 5.41) is 25.4. The summed E-state index contributed by atoms with van der Waals surface area (Å²) < 4.78 is 0. The summed E-state index contributed by atoms with van der Waals surface area (Å²) in [6.45, 7) is 12.5. The normalized spacial score (nSPS) is 15.6. The second-order valence-corrected chi connectivity index (χ2v) is 14.0. The number of nitrogens with two attached hydrogens (primary N) is 2. The fraction of sp³-hybridized carbons (Fsp3) is 0.897. The maximum atomic E-state index is 11.4. The molecule has 1 unspecified atom stereocenters. The van der Waals surface area contributed by atoms with E-state index in [4.69, 9.17) is 11.5 Å². The lowest BCUT2D eigenvalue weighted by Gasteiger charge is -2.39. The van der Waals surface area contributed by atoms with Crippen molar-refractivity contribution in [3.05, 3.63) is 0 Å². The van der Waals surface area contributed by atoms with Crippen LogP contribution in [0.1, 0.15) is 188 Å². The average molecular weight is 796 g/mol. The number of halogens is 2. The second kappa shape index (κ2) is 41.1. The van der Waals surface area contributed by atoms with E-state index in [1.54, 1.807) is 0 Å². The van der Waals surface area contributed by atoms with Crippen LogP contribution in [0, 0.1) is 0 Å². The molecule has 0 aliphatic carbocycles. The van der Waals surface area contributed by atoms with Crippen molar-refractivity contribution in [1.82, 2.24) is 26.6 Å². The van der Waals surface area contributed by atoms with Gasteiger partial charge in [-0.3, -0.25) is 30.7 Å². The van der Waals surface area contributed by atoms with E-state index in [1.807, 2.05) is 0 Å². The van der Waals surface area contributed by atoms with Crippen molar-refractivity contribution in [2.75, 3.05) is 32.8 Å². The van der Waals surface area contributed by atoms with Crippen LogP contribution in [-0.4, -0.2) is 67.6 Å². The van der Waals surface area contributed by atoms with Crippen LogP contribution in [0.15, 0.2) is 15.0 Å². The Balaban J connectivity index is -0.000000927. The Labute approximate surface area is 337 Å². The summed E-state index contributed by atoms with van der Waals surface area (Å²) in [5.41, 5.74) is 11.6. The smallest absolute Gasteiger partial charge is 0.308 e. The number of unbranched alkanes of at least 4 members (excludes halogenated alkanes) is 20. The summed E-state index contributed by atoms with van der Waals surface area (Å²) in [6.07, 6.45) is 29.8. The van der Waals surface area contributed by atoms with Gasteiger partial charge in [-0.2, -0.15) is 0 Å². The average Bonchev–Trinajstić information content (AvgIpc) is 3.10. The van der Waals surface area contributed by atoms with E-state index in [-0.39, 0.29) is 31.2 Å². The molecular weight excluding hydrogens is 711 g/mol. The predicted octanol–water partition coefficient (Wildman–Crippen LogP) is 8.29. The Morgan fingerprint density at radius 1 is 0.660 bits per heavy atom. The van der Waals surface area contributed by atoms with E-state index in [2.05, 4.69) is 69.3 Å². The standard InChI is InChI=1S/C21H43N5O2.C18H39N5.2ClH/c1-3-5-7-9-11-13-15-22-20-23-18-25-21(26-20,17-19(27)28)24-16-14-12-10-8-6-4-2;1-3-5-7-9-11-13-15-21-17(19)23-18(20)22-16-14-12-10-8-6-4-2;;/h24-25H,3-18H2,1-2H3,(H,27,28)(H2,22,23,26);3-16H2,1-2H3,(H5,19,20,21,22,23);2*1H. The summed E-state index contributed by atoms with van der Waals surface area (Å²) in [7, 11) is 0. The molecule has 14 heteroatoms. The Hall–Kier alpha value is -2.02. The van der Waals surface area contributed by atoms with E-state index in [0.717, 1.165) is 51.9 Å². The number of carboxylic acids is 1. The fourth-order valence-corrected chi connectivity index (χ4v) is 5.85. The maximum Gasteiger partial charge on any atom is 0.308 e. The molecule has 0 saturated carbocycles. The first-order chi connectivity index (χ1) is 24.8. The third-order valence-corrected chi connectivity index (χ3v) is 8.99. The van der Waals surface area contributed by atoms with Crippen molar-refractivity contribution in [3.63, 3.8) is 0 Å². The molecule has 53 heavy (non-hydrogen) atoms. The molecule has 12 nitrogen and oxygen atoms in total. The largest absolute Gasteiger partial charge is 0.481 e. The first-order valence-corrected chi connectivity index (χ1v) is 21.0. The first kappa shape index (κ1) is 55.3. The van der Waals surface area contributed by atoms with Gasteiger partial charge in [-0.15, -0.1) is 24.8 Å². The SMILES string of the molecule is CCCCCCCCN=C(N)NC(N)=NCCCCCCCC.CCCCCCCCNC1=NCNC(CC(=O)O)(NCCCCCCCC)N1.Cl.Cl. The van der Waals surface area contributed by atoms with Gasteiger partial charge in [0.25, 0.3) is 0 Å². The molecular formula is C39H84Cl2N10O2. The highest BCUT2D eigenvalue weighted by Gasteiger charge is 2.35. The van der Waals surface area contributed by atoms with Crippen LogP contribution in [0.25, 0.3) is 0 Å². The molecule has 0 aromatic carbocycles. The molecule has 1 aliphatic heterocycles. The van der Waals surface area contributed by atoms with Gasteiger partial charge in [-0.25, -0.2) is 4.99 Å². The van der Waals surface area contributed by atoms with Crippen LogP contribution in [0.3, 0.4) is 0 Å². The summed E-state index contributed by atoms with van der Waals surface area (Å²) in [5.74, 6) is -0.234. The minimum atomic E-state index is -0.840.